The third-order valence-electron chi connectivity index (χ3n) is 12.9. The molecule has 86 heavy (non-hydrogen) atoms. The summed E-state index contributed by atoms with van der Waals surface area (Å²) in [5, 5.41) is 10.9. The molecule has 0 radical (unpaired) electrons. The Morgan fingerprint density at radius 1 is 0.140 bits per heavy atom. The minimum absolute atomic E-state index is 1.33. The van der Waals surface area contributed by atoms with E-state index in [1.165, 1.54) is 121 Å². The Balaban J connectivity index is -0.000000908. The third kappa shape index (κ3) is 32.1. The summed E-state index contributed by atoms with van der Waals surface area (Å²) in [5.41, 5.74) is 18.8. The van der Waals surface area contributed by atoms with Crippen LogP contribution in [0.2, 0.25) is 0 Å². The molecule has 0 N–H and O–H groups in total. The highest BCUT2D eigenvalue weighted by atomic mass is 14.0. The van der Waals surface area contributed by atoms with Crippen LogP contribution in [0.15, 0.2) is 218 Å². The number of rotatable bonds is 0. The second-order valence-electron chi connectivity index (χ2n) is 19.5. The van der Waals surface area contributed by atoms with Gasteiger partial charge in [0.15, 0.2) is 0 Å². The van der Waals surface area contributed by atoms with Crippen LogP contribution in [0.25, 0.3) is 43.1 Å². The van der Waals surface area contributed by atoms with Crippen molar-refractivity contribution >= 4 is 43.1 Å². The van der Waals surface area contributed by atoms with Crippen molar-refractivity contribution in [2.24, 2.45) is 0 Å². The van der Waals surface area contributed by atoms with Crippen molar-refractivity contribution in [1.82, 2.24) is 0 Å². The van der Waals surface area contributed by atoms with Crippen molar-refractivity contribution < 1.29 is 0 Å². The Kier molecular flexibility index (Phi) is 48.8. The zero-order valence-corrected chi connectivity index (χ0v) is 59.8. The van der Waals surface area contributed by atoms with Crippen LogP contribution >= 0.6 is 0 Å². The van der Waals surface area contributed by atoms with Crippen LogP contribution < -0.4 is 0 Å². The van der Waals surface area contributed by atoms with Gasteiger partial charge in [0.25, 0.3) is 0 Å². The van der Waals surface area contributed by atoms with Gasteiger partial charge < -0.3 is 0 Å². The summed E-state index contributed by atoms with van der Waals surface area (Å²) in [5.74, 6) is 0. The smallest absolute Gasteiger partial charge is 0.0152 e. The first kappa shape index (κ1) is 82.7. The van der Waals surface area contributed by atoms with E-state index < -0.39 is 0 Å². The SMILES string of the molecule is CC.CC.CC.CC.CC.CC.CC.Cc1ccc(C)c2ccccc12.Cc1ccc(C)cc1.Cc1ccc2c(C)cccc2c1.Cc1ccc2ccc(C)cc2c1.Cc1cccc(C)c1.Cc1cccc2c(C)cccc12.Cc1ccccc1C. The lowest BCUT2D eigenvalue weighted by molar-refractivity contribution is 1.34. The van der Waals surface area contributed by atoms with Gasteiger partial charge in [0.05, 0.1) is 0 Å². The number of hydrogen-bond donors (Lipinski definition) is 0. The zero-order valence-electron chi connectivity index (χ0n) is 59.8. The van der Waals surface area contributed by atoms with Crippen molar-refractivity contribution in [3.05, 3.63) is 296 Å². The maximum Gasteiger partial charge on any atom is -0.0152 e. The van der Waals surface area contributed by atoms with E-state index >= 15 is 0 Å². The highest BCUT2D eigenvalue weighted by Crippen LogP contribution is 2.23. The first-order valence-corrected chi connectivity index (χ1v) is 32.4. The largest absolute Gasteiger partial charge is 0.0683 e. The minimum Gasteiger partial charge on any atom is -0.0683 e. The van der Waals surface area contributed by atoms with Gasteiger partial charge in [-0.15, -0.1) is 0 Å². The molecule has 0 saturated carbocycles. The zero-order chi connectivity index (χ0) is 66.2. The van der Waals surface area contributed by atoms with Crippen molar-refractivity contribution in [3.8, 4) is 0 Å². The summed E-state index contributed by atoms with van der Waals surface area (Å²) >= 11 is 0. The quantitative estimate of drug-likeness (QED) is 0.142. The monoisotopic (exact) mass is 1150 g/mol. The summed E-state index contributed by atoms with van der Waals surface area (Å²) in [7, 11) is 0. The fourth-order valence-corrected chi connectivity index (χ4v) is 8.38. The van der Waals surface area contributed by atoms with Crippen LogP contribution in [0.3, 0.4) is 0 Å². The summed E-state index contributed by atoms with van der Waals surface area (Å²) < 4.78 is 0. The Hall–Kier alpha value is -7.54. The molecule has 0 nitrogen and oxygen atoms in total. The molecule has 0 atom stereocenters. The Morgan fingerprint density at radius 2 is 0.384 bits per heavy atom. The van der Waals surface area contributed by atoms with Crippen LogP contribution in [0.4, 0.5) is 0 Å². The number of fused-ring (bicyclic) bond motifs is 4. The van der Waals surface area contributed by atoms with Crippen LogP contribution in [0.5, 0.6) is 0 Å². The Morgan fingerprint density at radius 3 is 0.721 bits per heavy atom. The molecular weight excluding hydrogens is 1030 g/mol. The minimum atomic E-state index is 1.33. The summed E-state index contributed by atoms with van der Waals surface area (Å²) in [6, 6.07) is 77.2. The van der Waals surface area contributed by atoms with E-state index in [4.69, 9.17) is 0 Å². The van der Waals surface area contributed by atoms with E-state index in [0.717, 1.165) is 0 Å². The number of hydrogen-bond acceptors (Lipinski definition) is 0. The average Bonchev–Trinajstić information content (AvgIpc) is 2.65. The van der Waals surface area contributed by atoms with Crippen molar-refractivity contribution in [2.75, 3.05) is 0 Å². The molecule has 0 aliphatic rings. The van der Waals surface area contributed by atoms with Gasteiger partial charge >= 0.3 is 0 Å². The van der Waals surface area contributed by atoms with Crippen LogP contribution in [-0.2, 0) is 0 Å². The predicted octanol–water partition coefficient (Wildman–Crippen LogP) is 27.9. The van der Waals surface area contributed by atoms with Crippen molar-refractivity contribution in [3.63, 3.8) is 0 Å². The lowest BCUT2D eigenvalue weighted by atomic mass is 10.0. The Bertz CT molecular complexity index is 3210. The second kappa shape index (κ2) is 50.8. The van der Waals surface area contributed by atoms with E-state index in [0.29, 0.717) is 0 Å². The van der Waals surface area contributed by atoms with E-state index in [1.54, 1.807) is 0 Å². The van der Waals surface area contributed by atoms with Crippen LogP contribution in [0.1, 0.15) is 175 Å². The molecule has 0 unspecified atom stereocenters. The lowest BCUT2D eigenvalue weighted by Gasteiger charge is -2.03. The van der Waals surface area contributed by atoms with E-state index in [-0.39, 0.29) is 0 Å². The molecule has 0 amide bonds. The van der Waals surface area contributed by atoms with Gasteiger partial charge in [-0.3, -0.25) is 0 Å². The van der Waals surface area contributed by atoms with Gasteiger partial charge in [-0.05, 0) is 179 Å². The maximum atomic E-state index is 2.22. The van der Waals surface area contributed by atoms with Crippen LogP contribution in [0, 0.1) is 96.9 Å². The highest BCUT2D eigenvalue weighted by molar-refractivity contribution is 5.89. The van der Waals surface area contributed by atoms with E-state index in [1.807, 2.05) is 96.9 Å². The first-order valence-electron chi connectivity index (χ1n) is 32.4. The first-order chi connectivity index (χ1) is 41.5. The molecule has 0 heterocycles. The molecule has 0 aromatic heterocycles. The molecule has 0 aliphatic heterocycles. The summed E-state index contributed by atoms with van der Waals surface area (Å²) in [6.45, 7) is 57.8. The molecule has 0 aliphatic carbocycles. The second-order valence-corrected chi connectivity index (χ2v) is 19.5. The fourth-order valence-electron chi connectivity index (χ4n) is 8.38. The van der Waals surface area contributed by atoms with E-state index in [9.17, 15) is 0 Å². The van der Waals surface area contributed by atoms with Gasteiger partial charge in [0.1, 0.15) is 0 Å². The molecular formula is C86H120. The standard InChI is InChI=1S/4C12H12.3C8H10.7C2H6/c1-9-3-5-11-6-4-10(2)8-12(11)7-9;1-9-5-3-8-12-10(2)6-4-7-11(9)12;1-9-6-7-12-10(2)4-3-5-11(12)8-9;1-9-7-8-10(2)12-6-4-3-5-11(9)12;1-7-3-5-8(2)6-4-7;1-7-4-3-5-8(2)6-7;1-7-5-3-4-6-8(7)2;7*1-2/h4*3-8H,1-2H3;3*3-6H,1-2H3;7*1-2H3. The molecule has 464 valence electrons. The van der Waals surface area contributed by atoms with Gasteiger partial charge in [0.2, 0.25) is 0 Å². The maximum absolute atomic E-state index is 2.22. The van der Waals surface area contributed by atoms with Gasteiger partial charge in [-0.2, -0.15) is 0 Å². The molecule has 0 saturated heterocycles. The van der Waals surface area contributed by atoms with Crippen molar-refractivity contribution in [2.45, 2.75) is 194 Å². The van der Waals surface area contributed by atoms with Crippen molar-refractivity contribution in [1.29, 1.82) is 0 Å². The molecule has 11 aromatic rings. The highest BCUT2D eigenvalue weighted by Gasteiger charge is 1.99. The van der Waals surface area contributed by atoms with Crippen LogP contribution in [-0.4, -0.2) is 0 Å². The molecule has 0 fully saturated rings. The summed E-state index contributed by atoms with van der Waals surface area (Å²) in [6.07, 6.45) is 0. The molecule has 0 bridgehead atoms. The van der Waals surface area contributed by atoms with E-state index in [2.05, 4.69) is 315 Å². The van der Waals surface area contributed by atoms with Gasteiger partial charge in [-0.1, -0.05) is 354 Å². The average molecular weight is 1150 g/mol. The number of benzene rings is 11. The third-order valence-corrected chi connectivity index (χ3v) is 12.9. The molecule has 0 heteroatoms. The fraction of sp³-hybridized carbons (Fsp3) is 0.326. The number of aryl methyl sites for hydroxylation is 14. The molecule has 11 aromatic carbocycles. The molecule has 0 spiro atoms. The topological polar surface area (TPSA) is 0 Å². The normalized spacial score (nSPS) is 8.93. The summed E-state index contributed by atoms with van der Waals surface area (Å²) in [4.78, 5) is 0. The van der Waals surface area contributed by atoms with Gasteiger partial charge in [0, 0.05) is 0 Å². The lowest BCUT2D eigenvalue weighted by Crippen LogP contribution is -1.80. The predicted molar refractivity (Wildman–Crippen MR) is 401 cm³/mol. The molecule has 11 rings (SSSR count). The van der Waals surface area contributed by atoms with Gasteiger partial charge in [-0.25, -0.2) is 0 Å². The Labute approximate surface area is 530 Å².